The summed E-state index contributed by atoms with van der Waals surface area (Å²) in [6, 6.07) is 5.64. The molecule has 0 aliphatic carbocycles. The third-order valence-corrected chi connectivity index (χ3v) is 3.49. The number of ether oxygens (including phenoxy) is 3. The summed E-state index contributed by atoms with van der Waals surface area (Å²) in [5.41, 5.74) is 7.32. The maximum Gasteiger partial charge on any atom is 0.230 e. The lowest BCUT2D eigenvalue weighted by Crippen LogP contribution is -2.28. The molecule has 1 unspecified atom stereocenters. The van der Waals surface area contributed by atoms with Crippen molar-refractivity contribution in [1.29, 1.82) is 0 Å². The second kappa shape index (κ2) is 6.05. The number of aromatic nitrogens is 1. The minimum atomic E-state index is 0.00915. The molecule has 0 amide bonds. The Hall–Kier alpha value is -2.21. The summed E-state index contributed by atoms with van der Waals surface area (Å²) >= 11 is 0. The molecule has 0 spiro atoms. The van der Waals surface area contributed by atoms with Gasteiger partial charge >= 0.3 is 0 Å². The van der Waals surface area contributed by atoms with Crippen molar-refractivity contribution < 1.29 is 18.7 Å². The van der Waals surface area contributed by atoms with Crippen molar-refractivity contribution in [2.75, 3.05) is 26.1 Å². The molecule has 1 aromatic carbocycles. The summed E-state index contributed by atoms with van der Waals surface area (Å²) in [7, 11) is 1.61. The van der Waals surface area contributed by atoms with E-state index >= 15 is 0 Å². The van der Waals surface area contributed by atoms with Crippen LogP contribution in [0.1, 0.15) is 12.8 Å². The predicted molar refractivity (Wildman–Crippen MR) is 77.4 cm³/mol. The maximum absolute atomic E-state index is 6.11. The Kier molecular flexibility index (Phi) is 3.96. The molecule has 2 aromatic rings. The third kappa shape index (κ3) is 2.80. The van der Waals surface area contributed by atoms with E-state index in [9.17, 15) is 0 Å². The van der Waals surface area contributed by atoms with E-state index in [1.807, 2.05) is 18.2 Å². The van der Waals surface area contributed by atoms with Gasteiger partial charge in [-0.3, -0.25) is 0 Å². The fraction of sp³-hybridized carbons (Fsp3) is 0.400. The molecular weight excluding hydrogens is 272 g/mol. The zero-order valence-electron chi connectivity index (χ0n) is 11.9. The van der Waals surface area contributed by atoms with Crippen LogP contribution in [0.5, 0.6) is 11.5 Å². The molecule has 6 nitrogen and oxygen atoms in total. The number of benzene rings is 1. The number of para-hydroxylation sites is 1. The number of methoxy groups -OCH3 is 1. The highest BCUT2D eigenvalue weighted by Crippen LogP contribution is 2.41. The monoisotopic (exact) mass is 290 g/mol. The molecule has 2 heterocycles. The minimum Gasteiger partial charge on any atom is -0.493 e. The molecule has 21 heavy (non-hydrogen) atoms. The topological polar surface area (TPSA) is 79.7 Å². The average Bonchev–Trinajstić information content (AvgIpc) is 2.94. The van der Waals surface area contributed by atoms with Crippen LogP contribution in [0.3, 0.4) is 0 Å². The molecule has 0 saturated carbocycles. The molecule has 3 rings (SSSR count). The second-order valence-corrected chi connectivity index (χ2v) is 4.90. The largest absolute Gasteiger partial charge is 0.493 e. The van der Waals surface area contributed by atoms with E-state index in [1.165, 1.54) is 0 Å². The summed E-state index contributed by atoms with van der Waals surface area (Å²) in [6.45, 7) is 1.37. The average molecular weight is 290 g/mol. The predicted octanol–water partition coefficient (Wildman–Crippen LogP) is 2.49. The summed E-state index contributed by atoms with van der Waals surface area (Å²) < 4.78 is 21.9. The van der Waals surface area contributed by atoms with Crippen molar-refractivity contribution >= 4 is 5.88 Å². The highest BCUT2D eigenvalue weighted by Gasteiger charge is 2.22. The van der Waals surface area contributed by atoms with Crippen molar-refractivity contribution in [2.24, 2.45) is 0 Å². The molecule has 6 heteroatoms. The summed E-state index contributed by atoms with van der Waals surface area (Å²) in [5, 5.41) is 3.72. The zero-order valence-corrected chi connectivity index (χ0v) is 11.9. The van der Waals surface area contributed by atoms with Crippen LogP contribution in [0.2, 0.25) is 0 Å². The lowest BCUT2D eigenvalue weighted by Gasteiger charge is -2.25. The van der Waals surface area contributed by atoms with Gasteiger partial charge in [0.1, 0.15) is 6.10 Å². The van der Waals surface area contributed by atoms with E-state index in [0.29, 0.717) is 23.7 Å². The molecule has 2 N–H and O–H groups in total. The highest BCUT2D eigenvalue weighted by atomic mass is 16.5. The van der Waals surface area contributed by atoms with Gasteiger partial charge in [-0.25, -0.2) is 0 Å². The van der Waals surface area contributed by atoms with Gasteiger partial charge in [0.25, 0.3) is 0 Å². The summed E-state index contributed by atoms with van der Waals surface area (Å²) in [4.78, 5) is 0. The first kappa shape index (κ1) is 13.8. The molecule has 1 atom stereocenters. The molecule has 0 radical (unpaired) electrons. The van der Waals surface area contributed by atoms with Gasteiger partial charge in [-0.2, -0.15) is 0 Å². The fourth-order valence-electron chi connectivity index (χ4n) is 2.43. The number of anilines is 1. The molecule has 1 aliphatic rings. The fourth-order valence-corrected chi connectivity index (χ4v) is 2.43. The van der Waals surface area contributed by atoms with Gasteiger partial charge in [-0.1, -0.05) is 17.3 Å². The standard InChI is InChI=1S/C15H18N2O4/c1-18-13-6-2-5-11(12-8-17-21-15(12)16)14(13)20-10-4-3-7-19-9-10/h2,5-6,8,10H,3-4,7,9,16H2,1H3. The maximum atomic E-state index is 6.11. The number of hydrogen-bond acceptors (Lipinski definition) is 6. The van der Waals surface area contributed by atoms with Crippen molar-refractivity contribution in [3.8, 4) is 22.6 Å². The van der Waals surface area contributed by atoms with Crippen LogP contribution in [0.15, 0.2) is 28.9 Å². The zero-order chi connectivity index (χ0) is 14.7. The van der Waals surface area contributed by atoms with Crippen LogP contribution in [0, 0.1) is 0 Å². The quantitative estimate of drug-likeness (QED) is 0.932. The number of nitrogens with two attached hydrogens (primary N) is 1. The Morgan fingerprint density at radius 3 is 2.90 bits per heavy atom. The molecule has 112 valence electrons. The molecular formula is C15H18N2O4. The highest BCUT2D eigenvalue weighted by molar-refractivity contribution is 5.79. The molecule has 1 fully saturated rings. The van der Waals surface area contributed by atoms with E-state index in [4.69, 9.17) is 24.5 Å². The number of rotatable bonds is 4. The van der Waals surface area contributed by atoms with Gasteiger partial charge in [0.2, 0.25) is 5.88 Å². The van der Waals surface area contributed by atoms with Gasteiger partial charge in [0.05, 0.1) is 25.5 Å². The van der Waals surface area contributed by atoms with E-state index < -0.39 is 0 Å². The Morgan fingerprint density at radius 1 is 1.33 bits per heavy atom. The number of nitrogen functional groups attached to an aromatic ring is 1. The SMILES string of the molecule is COc1cccc(-c2cnoc2N)c1OC1CCCOC1. The first-order chi connectivity index (χ1) is 10.3. The summed E-state index contributed by atoms with van der Waals surface area (Å²) in [6.07, 6.45) is 3.53. The van der Waals surface area contributed by atoms with Crippen molar-refractivity contribution in [3.05, 3.63) is 24.4 Å². The van der Waals surface area contributed by atoms with Crippen LogP contribution < -0.4 is 15.2 Å². The van der Waals surface area contributed by atoms with Crippen molar-refractivity contribution in [3.63, 3.8) is 0 Å². The van der Waals surface area contributed by atoms with Crippen LogP contribution in [0.25, 0.3) is 11.1 Å². The normalized spacial score (nSPS) is 18.4. The molecule has 1 aromatic heterocycles. The lowest BCUT2D eigenvalue weighted by molar-refractivity contribution is 0.00670. The van der Waals surface area contributed by atoms with E-state index in [0.717, 1.165) is 25.0 Å². The van der Waals surface area contributed by atoms with Gasteiger partial charge in [-0.05, 0) is 18.9 Å². The lowest BCUT2D eigenvalue weighted by atomic mass is 10.1. The van der Waals surface area contributed by atoms with E-state index in [2.05, 4.69) is 5.16 Å². The Labute approximate surface area is 122 Å². The van der Waals surface area contributed by atoms with Crippen molar-refractivity contribution in [1.82, 2.24) is 5.16 Å². The summed E-state index contributed by atoms with van der Waals surface area (Å²) in [5.74, 6) is 1.55. The first-order valence-corrected chi connectivity index (χ1v) is 6.91. The Bertz CT molecular complexity index is 605. The first-order valence-electron chi connectivity index (χ1n) is 6.91. The Morgan fingerprint density at radius 2 is 2.24 bits per heavy atom. The van der Waals surface area contributed by atoms with Crippen LogP contribution >= 0.6 is 0 Å². The molecule has 0 bridgehead atoms. The van der Waals surface area contributed by atoms with Crippen LogP contribution in [-0.2, 0) is 4.74 Å². The second-order valence-electron chi connectivity index (χ2n) is 4.90. The van der Waals surface area contributed by atoms with Gasteiger partial charge in [0.15, 0.2) is 11.5 Å². The van der Waals surface area contributed by atoms with E-state index in [-0.39, 0.29) is 12.0 Å². The van der Waals surface area contributed by atoms with E-state index in [1.54, 1.807) is 13.3 Å². The minimum absolute atomic E-state index is 0.00915. The van der Waals surface area contributed by atoms with Crippen LogP contribution in [0.4, 0.5) is 5.88 Å². The van der Waals surface area contributed by atoms with Gasteiger partial charge < -0.3 is 24.5 Å². The molecule has 1 aliphatic heterocycles. The third-order valence-electron chi connectivity index (χ3n) is 3.49. The smallest absolute Gasteiger partial charge is 0.230 e. The number of nitrogens with zero attached hydrogens (tertiary/aromatic N) is 1. The molecule has 1 saturated heterocycles. The van der Waals surface area contributed by atoms with Crippen molar-refractivity contribution in [2.45, 2.75) is 18.9 Å². The van der Waals surface area contributed by atoms with Crippen LogP contribution in [-0.4, -0.2) is 31.6 Å². The van der Waals surface area contributed by atoms with Gasteiger partial charge in [-0.15, -0.1) is 0 Å². The Balaban J connectivity index is 1.97. The number of hydrogen-bond donors (Lipinski definition) is 1. The van der Waals surface area contributed by atoms with Gasteiger partial charge in [0, 0.05) is 12.2 Å².